The Labute approximate surface area is 143 Å². The van der Waals surface area contributed by atoms with Crippen molar-refractivity contribution in [2.24, 2.45) is 0 Å². The standard InChI is InChI=1S/C16H14Cl2FN3O/c17-12-8-13(18)14(19)7-11(12)16(23)21-10-3-4-15(20-9-10)22-5-1-2-6-22/h3-4,7-9H,1-2,5-6H2,(H,21,23). The fourth-order valence-corrected chi connectivity index (χ4v) is 2.96. The molecule has 7 heteroatoms. The minimum Gasteiger partial charge on any atom is -0.357 e. The van der Waals surface area contributed by atoms with Gasteiger partial charge in [-0.2, -0.15) is 0 Å². The zero-order valence-corrected chi connectivity index (χ0v) is 13.7. The molecule has 23 heavy (non-hydrogen) atoms. The van der Waals surface area contributed by atoms with Crippen LogP contribution in [0.4, 0.5) is 15.9 Å². The van der Waals surface area contributed by atoms with Gasteiger partial charge in [0.1, 0.15) is 11.6 Å². The van der Waals surface area contributed by atoms with Gasteiger partial charge in [-0.05, 0) is 37.1 Å². The number of aromatic nitrogens is 1. The van der Waals surface area contributed by atoms with E-state index in [0.717, 1.165) is 25.0 Å². The van der Waals surface area contributed by atoms with Gasteiger partial charge in [0, 0.05) is 13.1 Å². The van der Waals surface area contributed by atoms with Crippen molar-refractivity contribution in [2.75, 3.05) is 23.3 Å². The van der Waals surface area contributed by atoms with Gasteiger partial charge in [-0.3, -0.25) is 4.79 Å². The number of rotatable bonds is 3. The lowest BCUT2D eigenvalue weighted by atomic mass is 10.2. The smallest absolute Gasteiger partial charge is 0.257 e. The number of carbonyl (C=O) groups is 1. The van der Waals surface area contributed by atoms with Crippen molar-refractivity contribution in [3.63, 3.8) is 0 Å². The first-order valence-electron chi connectivity index (χ1n) is 7.21. The van der Waals surface area contributed by atoms with E-state index in [1.807, 2.05) is 6.07 Å². The van der Waals surface area contributed by atoms with Gasteiger partial charge in [0.05, 0.1) is 27.5 Å². The lowest BCUT2D eigenvalue weighted by Crippen LogP contribution is -2.19. The maximum absolute atomic E-state index is 13.5. The molecular formula is C16H14Cl2FN3O. The van der Waals surface area contributed by atoms with E-state index in [9.17, 15) is 9.18 Å². The maximum Gasteiger partial charge on any atom is 0.257 e. The summed E-state index contributed by atoms with van der Waals surface area (Å²) in [6.45, 7) is 2.00. The van der Waals surface area contributed by atoms with Gasteiger partial charge in [-0.15, -0.1) is 0 Å². The van der Waals surface area contributed by atoms with Crippen LogP contribution < -0.4 is 10.2 Å². The molecule has 3 rings (SSSR count). The SMILES string of the molecule is O=C(Nc1ccc(N2CCCC2)nc1)c1cc(F)c(Cl)cc1Cl. The molecule has 1 fully saturated rings. The van der Waals surface area contributed by atoms with Gasteiger partial charge in [0.2, 0.25) is 0 Å². The third-order valence-corrected chi connectivity index (χ3v) is 4.29. The molecule has 0 spiro atoms. The number of halogens is 3. The highest BCUT2D eigenvalue weighted by Crippen LogP contribution is 2.25. The molecule has 0 bridgehead atoms. The van der Waals surface area contributed by atoms with E-state index in [4.69, 9.17) is 23.2 Å². The average Bonchev–Trinajstić information content (AvgIpc) is 3.06. The number of benzene rings is 1. The monoisotopic (exact) mass is 353 g/mol. The van der Waals surface area contributed by atoms with Crippen LogP contribution in [0.2, 0.25) is 10.0 Å². The molecule has 2 aromatic rings. The molecule has 0 radical (unpaired) electrons. The molecule has 0 saturated carbocycles. The van der Waals surface area contributed by atoms with Gasteiger partial charge in [-0.25, -0.2) is 9.37 Å². The summed E-state index contributed by atoms with van der Waals surface area (Å²) >= 11 is 11.6. The highest BCUT2D eigenvalue weighted by molar-refractivity contribution is 6.37. The topological polar surface area (TPSA) is 45.2 Å². The summed E-state index contributed by atoms with van der Waals surface area (Å²) in [7, 11) is 0. The summed E-state index contributed by atoms with van der Waals surface area (Å²) in [6, 6.07) is 5.85. The molecule has 1 aliphatic rings. The third-order valence-electron chi connectivity index (χ3n) is 3.69. The highest BCUT2D eigenvalue weighted by Gasteiger charge is 2.16. The molecule has 0 aliphatic carbocycles. The molecule has 0 unspecified atom stereocenters. The Balaban J connectivity index is 1.74. The van der Waals surface area contributed by atoms with Crippen LogP contribution in [-0.4, -0.2) is 24.0 Å². The Morgan fingerprint density at radius 1 is 1.17 bits per heavy atom. The second-order valence-electron chi connectivity index (χ2n) is 5.30. The van der Waals surface area contributed by atoms with Crippen molar-refractivity contribution >= 4 is 40.6 Å². The minimum absolute atomic E-state index is 0.0252. The molecule has 4 nitrogen and oxygen atoms in total. The Morgan fingerprint density at radius 3 is 2.57 bits per heavy atom. The van der Waals surface area contributed by atoms with Crippen molar-refractivity contribution in [1.82, 2.24) is 4.98 Å². The lowest BCUT2D eigenvalue weighted by Gasteiger charge is -2.16. The predicted molar refractivity (Wildman–Crippen MR) is 90.1 cm³/mol. The van der Waals surface area contributed by atoms with Crippen molar-refractivity contribution < 1.29 is 9.18 Å². The number of hydrogen-bond donors (Lipinski definition) is 1. The summed E-state index contributed by atoms with van der Waals surface area (Å²) in [4.78, 5) is 18.7. The average molecular weight is 354 g/mol. The molecule has 0 atom stereocenters. The fourth-order valence-electron chi connectivity index (χ4n) is 2.49. The number of nitrogens with one attached hydrogen (secondary N) is 1. The van der Waals surface area contributed by atoms with E-state index in [1.165, 1.54) is 18.9 Å². The normalized spacial score (nSPS) is 14.1. The van der Waals surface area contributed by atoms with Crippen LogP contribution in [0.1, 0.15) is 23.2 Å². The van der Waals surface area contributed by atoms with Gasteiger partial charge in [0.15, 0.2) is 0 Å². The molecular weight excluding hydrogens is 340 g/mol. The molecule has 1 saturated heterocycles. The van der Waals surface area contributed by atoms with Crippen LogP contribution in [0.15, 0.2) is 30.5 Å². The van der Waals surface area contributed by atoms with Crippen molar-refractivity contribution in [1.29, 1.82) is 0 Å². The predicted octanol–water partition coefficient (Wildman–Crippen LogP) is 4.38. The Kier molecular flexibility index (Phi) is 4.68. The third kappa shape index (κ3) is 3.57. The van der Waals surface area contributed by atoms with Crippen LogP contribution in [0.25, 0.3) is 0 Å². The Hall–Kier alpha value is -1.85. The summed E-state index contributed by atoms with van der Waals surface area (Å²) in [5.41, 5.74) is 0.543. The first kappa shape index (κ1) is 16.0. The number of carbonyl (C=O) groups excluding carboxylic acids is 1. The molecule has 1 aliphatic heterocycles. The van der Waals surface area contributed by atoms with Crippen LogP contribution in [0.5, 0.6) is 0 Å². The van der Waals surface area contributed by atoms with Gasteiger partial charge >= 0.3 is 0 Å². The van der Waals surface area contributed by atoms with Crippen molar-refractivity contribution in [3.8, 4) is 0 Å². The van der Waals surface area contributed by atoms with Gasteiger partial charge in [0.25, 0.3) is 5.91 Å². The van der Waals surface area contributed by atoms with Crippen LogP contribution in [0, 0.1) is 5.82 Å². The van der Waals surface area contributed by atoms with E-state index in [1.54, 1.807) is 12.3 Å². The maximum atomic E-state index is 13.5. The Morgan fingerprint density at radius 2 is 1.91 bits per heavy atom. The van der Waals surface area contributed by atoms with E-state index >= 15 is 0 Å². The van der Waals surface area contributed by atoms with E-state index in [-0.39, 0.29) is 15.6 Å². The molecule has 1 N–H and O–H groups in total. The van der Waals surface area contributed by atoms with Crippen molar-refractivity contribution in [2.45, 2.75) is 12.8 Å². The van der Waals surface area contributed by atoms with E-state index < -0.39 is 11.7 Å². The van der Waals surface area contributed by atoms with Crippen LogP contribution in [-0.2, 0) is 0 Å². The molecule has 1 aromatic carbocycles. The molecule has 120 valence electrons. The highest BCUT2D eigenvalue weighted by atomic mass is 35.5. The molecule has 1 amide bonds. The number of nitrogens with zero attached hydrogens (tertiary/aromatic N) is 2. The number of anilines is 2. The largest absolute Gasteiger partial charge is 0.357 e. The van der Waals surface area contributed by atoms with Crippen LogP contribution >= 0.6 is 23.2 Å². The second-order valence-corrected chi connectivity index (χ2v) is 6.11. The first-order valence-corrected chi connectivity index (χ1v) is 7.97. The van der Waals surface area contributed by atoms with E-state index in [0.29, 0.717) is 5.69 Å². The lowest BCUT2D eigenvalue weighted by molar-refractivity contribution is 0.102. The summed E-state index contributed by atoms with van der Waals surface area (Å²) in [6.07, 6.45) is 3.91. The quantitative estimate of drug-likeness (QED) is 0.832. The fraction of sp³-hybridized carbons (Fsp3) is 0.250. The van der Waals surface area contributed by atoms with Gasteiger partial charge < -0.3 is 10.2 Å². The van der Waals surface area contributed by atoms with E-state index in [2.05, 4.69) is 15.2 Å². The number of pyridine rings is 1. The first-order chi connectivity index (χ1) is 11.0. The zero-order valence-electron chi connectivity index (χ0n) is 12.2. The number of amides is 1. The summed E-state index contributed by atoms with van der Waals surface area (Å²) in [5, 5.41) is 2.62. The minimum atomic E-state index is -0.691. The Bertz CT molecular complexity index is 731. The number of hydrogen-bond acceptors (Lipinski definition) is 3. The zero-order chi connectivity index (χ0) is 16.4. The summed E-state index contributed by atoms with van der Waals surface area (Å²) in [5.74, 6) is -0.318. The second kappa shape index (κ2) is 6.72. The molecule has 1 aromatic heterocycles. The summed E-state index contributed by atoms with van der Waals surface area (Å²) < 4.78 is 13.5. The van der Waals surface area contributed by atoms with Crippen LogP contribution in [0.3, 0.4) is 0 Å². The van der Waals surface area contributed by atoms with Gasteiger partial charge in [-0.1, -0.05) is 23.2 Å². The molecule has 2 heterocycles. The van der Waals surface area contributed by atoms with Crippen molar-refractivity contribution in [3.05, 3.63) is 51.9 Å².